The zero-order chi connectivity index (χ0) is 9.36. The molecule has 13 heavy (non-hydrogen) atoms. The van der Waals surface area contributed by atoms with Gasteiger partial charge in [0.1, 0.15) is 0 Å². The van der Waals surface area contributed by atoms with Crippen molar-refractivity contribution in [1.82, 2.24) is 5.32 Å². The highest BCUT2D eigenvalue weighted by Crippen LogP contribution is 2.20. The molecule has 78 valence electrons. The van der Waals surface area contributed by atoms with E-state index in [9.17, 15) is 0 Å². The molecule has 0 aromatic rings. The van der Waals surface area contributed by atoms with Crippen LogP contribution in [-0.2, 0) is 4.74 Å². The van der Waals surface area contributed by atoms with Gasteiger partial charge in [-0.25, -0.2) is 0 Å². The van der Waals surface area contributed by atoms with Crippen LogP contribution in [0.25, 0.3) is 0 Å². The summed E-state index contributed by atoms with van der Waals surface area (Å²) >= 11 is 0. The molecule has 0 aromatic carbocycles. The van der Waals surface area contributed by atoms with Gasteiger partial charge in [0, 0.05) is 6.61 Å². The van der Waals surface area contributed by atoms with Crippen molar-refractivity contribution in [2.24, 2.45) is 0 Å². The number of nitrogens with one attached hydrogen (secondary N) is 1. The number of hydrogen-bond donors (Lipinski definition) is 1. The molecular weight excluding hydrogens is 162 g/mol. The lowest BCUT2D eigenvalue weighted by atomic mass is 10.3. The smallest absolute Gasteiger partial charge is 0.0575 e. The second-order valence-electron chi connectivity index (χ2n) is 3.84. The first-order valence-electron chi connectivity index (χ1n) is 5.76. The molecule has 0 saturated heterocycles. The Labute approximate surface area is 82.0 Å². The van der Waals surface area contributed by atoms with Gasteiger partial charge in [-0.3, -0.25) is 0 Å². The van der Waals surface area contributed by atoms with Crippen molar-refractivity contribution in [3.63, 3.8) is 0 Å². The maximum atomic E-state index is 5.76. The molecule has 0 aliphatic heterocycles. The van der Waals surface area contributed by atoms with Crippen LogP contribution in [0.2, 0.25) is 0 Å². The Morgan fingerprint density at radius 2 is 2.00 bits per heavy atom. The lowest BCUT2D eigenvalue weighted by Gasteiger charge is -2.10. The van der Waals surface area contributed by atoms with Crippen LogP contribution in [0.15, 0.2) is 0 Å². The van der Waals surface area contributed by atoms with Crippen LogP contribution in [0, 0.1) is 0 Å². The van der Waals surface area contributed by atoms with Gasteiger partial charge in [0.2, 0.25) is 0 Å². The normalized spacial score (nSPS) is 18.2. The second-order valence-corrected chi connectivity index (χ2v) is 3.84. The van der Waals surface area contributed by atoms with E-state index in [1.165, 1.54) is 38.5 Å². The maximum Gasteiger partial charge on any atom is 0.0575 e. The quantitative estimate of drug-likeness (QED) is 0.615. The zero-order valence-corrected chi connectivity index (χ0v) is 8.85. The highest BCUT2D eigenvalue weighted by atomic mass is 16.5. The molecule has 0 heterocycles. The molecule has 1 saturated carbocycles. The van der Waals surface area contributed by atoms with E-state index in [1.54, 1.807) is 0 Å². The average molecular weight is 185 g/mol. The van der Waals surface area contributed by atoms with Crippen LogP contribution in [0.4, 0.5) is 0 Å². The number of rotatable bonds is 7. The summed E-state index contributed by atoms with van der Waals surface area (Å²) in [5, 5.41) is 3.32. The van der Waals surface area contributed by atoms with Gasteiger partial charge >= 0.3 is 0 Å². The molecule has 0 bridgehead atoms. The van der Waals surface area contributed by atoms with Crippen LogP contribution < -0.4 is 5.32 Å². The molecule has 1 aliphatic rings. The SMILES string of the molecule is CCNCCCCOC1CCCC1. The predicted molar refractivity (Wildman–Crippen MR) is 56.0 cm³/mol. The van der Waals surface area contributed by atoms with Crippen molar-refractivity contribution < 1.29 is 4.74 Å². The molecule has 1 fully saturated rings. The second kappa shape index (κ2) is 7.34. The van der Waals surface area contributed by atoms with E-state index in [1.807, 2.05) is 0 Å². The van der Waals surface area contributed by atoms with Crippen molar-refractivity contribution in [3.8, 4) is 0 Å². The monoisotopic (exact) mass is 185 g/mol. The van der Waals surface area contributed by atoms with Gasteiger partial charge in [-0.1, -0.05) is 19.8 Å². The van der Waals surface area contributed by atoms with Gasteiger partial charge in [-0.2, -0.15) is 0 Å². The van der Waals surface area contributed by atoms with Crippen LogP contribution in [-0.4, -0.2) is 25.8 Å². The summed E-state index contributed by atoms with van der Waals surface area (Å²) in [6.45, 7) is 5.35. The van der Waals surface area contributed by atoms with E-state index < -0.39 is 0 Å². The molecule has 0 radical (unpaired) electrons. The van der Waals surface area contributed by atoms with E-state index in [4.69, 9.17) is 4.74 Å². The first-order chi connectivity index (χ1) is 6.43. The highest BCUT2D eigenvalue weighted by molar-refractivity contribution is 4.66. The van der Waals surface area contributed by atoms with Gasteiger partial charge < -0.3 is 10.1 Å². The molecule has 2 nitrogen and oxygen atoms in total. The molecule has 0 aromatic heterocycles. The third kappa shape index (κ3) is 5.27. The first-order valence-corrected chi connectivity index (χ1v) is 5.76. The summed E-state index contributed by atoms with van der Waals surface area (Å²) in [5.74, 6) is 0. The summed E-state index contributed by atoms with van der Waals surface area (Å²) in [7, 11) is 0. The van der Waals surface area contributed by atoms with Gasteiger partial charge in [-0.05, 0) is 38.8 Å². The molecule has 1 aliphatic carbocycles. The van der Waals surface area contributed by atoms with Crippen molar-refractivity contribution in [2.45, 2.75) is 51.6 Å². The summed E-state index contributed by atoms with van der Waals surface area (Å²) in [4.78, 5) is 0. The summed E-state index contributed by atoms with van der Waals surface area (Å²) in [6.07, 6.45) is 8.41. The third-order valence-electron chi connectivity index (χ3n) is 2.65. The molecule has 1 rings (SSSR count). The minimum absolute atomic E-state index is 0.596. The lowest BCUT2D eigenvalue weighted by molar-refractivity contribution is 0.0560. The van der Waals surface area contributed by atoms with E-state index in [0.717, 1.165) is 19.7 Å². The fourth-order valence-corrected chi connectivity index (χ4v) is 1.83. The van der Waals surface area contributed by atoms with Crippen LogP contribution in [0.5, 0.6) is 0 Å². The Morgan fingerprint density at radius 3 is 2.69 bits per heavy atom. The molecule has 1 N–H and O–H groups in total. The molecule has 0 spiro atoms. The average Bonchev–Trinajstić information content (AvgIpc) is 2.63. The first kappa shape index (κ1) is 11.0. The van der Waals surface area contributed by atoms with Crippen molar-refractivity contribution >= 4 is 0 Å². The Kier molecular flexibility index (Phi) is 6.21. The van der Waals surface area contributed by atoms with Crippen molar-refractivity contribution in [2.75, 3.05) is 19.7 Å². The van der Waals surface area contributed by atoms with Gasteiger partial charge in [0.25, 0.3) is 0 Å². The summed E-state index contributed by atoms with van der Waals surface area (Å²) < 4.78 is 5.76. The largest absolute Gasteiger partial charge is 0.378 e. The Morgan fingerprint density at radius 1 is 1.23 bits per heavy atom. The summed E-state index contributed by atoms with van der Waals surface area (Å²) in [6, 6.07) is 0. The third-order valence-corrected chi connectivity index (χ3v) is 2.65. The van der Waals surface area contributed by atoms with Crippen molar-refractivity contribution in [3.05, 3.63) is 0 Å². The van der Waals surface area contributed by atoms with Gasteiger partial charge in [-0.15, -0.1) is 0 Å². The van der Waals surface area contributed by atoms with Gasteiger partial charge in [0.15, 0.2) is 0 Å². The van der Waals surface area contributed by atoms with Crippen LogP contribution >= 0.6 is 0 Å². The minimum Gasteiger partial charge on any atom is -0.378 e. The number of ether oxygens (including phenoxy) is 1. The fourth-order valence-electron chi connectivity index (χ4n) is 1.83. The van der Waals surface area contributed by atoms with Crippen molar-refractivity contribution in [1.29, 1.82) is 0 Å². The van der Waals surface area contributed by atoms with E-state index in [-0.39, 0.29) is 0 Å². The topological polar surface area (TPSA) is 21.3 Å². The Balaban J connectivity index is 1.78. The highest BCUT2D eigenvalue weighted by Gasteiger charge is 2.14. The lowest BCUT2D eigenvalue weighted by Crippen LogP contribution is -2.15. The maximum absolute atomic E-state index is 5.76. The minimum atomic E-state index is 0.596. The van der Waals surface area contributed by atoms with E-state index >= 15 is 0 Å². The molecular formula is C11H23NO. The number of hydrogen-bond acceptors (Lipinski definition) is 2. The van der Waals surface area contributed by atoms with Crippen LogP contribution in [0.3, 0.4) is 0 Å². The summed E-state index contributed by atoms with van der Waals surface area (Å²) in [5.41, 5.74) is 0. The number of unbranched alkanes of at least 4 members (excludes halogenated alkanes) is 1. The molecule has 2 heteroatoms. The molecule has 0 atom stereocenters. The van der Waals surface area contributed by atoms with Gasteiger partial charge in [0.05, 0.1) is 6.10 Å². The zero-order valence-electron chi connectivity index (χ0n) is 8.85. The van der Waals surface area contributed by atoms with E-state index in [0.29, 0.717) is 6.10 Å². The fraction of sp³-hybridized carbons (Fsp3) is 1.00. The van der Waals surface area contributed by atoms with E-state index in [2.05, 4.69) is 12.2 Å². The predicted octanol–water partition coefficient (Wildman–Crippen LogP) is 2.34. The standard InChI is InChI=1S/C11H23NO/c1-2-12-9-5-6-10-13-11-7-3-4-8-11/h11-12H,2-10H2,1H3. The van der Waals surface area contributed by atoms with Crippen LogP contribution in [0.1, 0.15) is 45.4 Å². The molecule has 0 unspecified atom stereocenters. The Hall–Kier alpha value is -0.0800. The molecule has 0 amide bonds. The Bertz CT molecular complexity index is 111.